The minimum absolute atomic E-state index is 0. The Kier molecular flexibility index (Phi) is 17.9. The van der Waals surface area contributed by atoms with Gasteiger partial charge in [-0.15, -0.1) is 24.8 Å². The summed E-state index contributed by atoms with van der Waals surface area (Å²) >= 11 is 0. The average molecular weight is 488 g/mol. The summed E-state index contributed by atoms with van der Waals surface area (Å²) in [5.41, 5.74) is 2.53. The lowest BCUT2D eigenvalue weighted by Gasteiger charge is -2.16. The van der Waals surface area contributed by atoms with Gasteiger partial charge in [-0.3, -0.25) is 0 Å². The number of hydrogen-bond donors (Lipinski definition) is 2. The summed E-state index contributed by atoms with van der Waals surface area (Å²) in [6.45, 7) is 4.15. The number of hydrogen-bond acceptors (Lipinski definition) is 5. The highest BCUT2D eigenvalue weighted by atomic mass is 35.5. The lowest BCUT2D eigenvalue weighted by Crippen LogP contribution is -2.19. The quantitative estimate of drug-likeness (QED) is 0.324. The van der Waals surface area contributed by atoms with Crippen LogP contribution in [0.3, 0.4) is 0 Å². The van der Waals surface area contributed by atoms with Crippen molar-refractivity contribution in [3.05, 3.63) is 53.6 Å². The van der Waals surface area contributed by atoms with Crippen molar-refractivity contribution in [2.75, 3.05) is 47.5 Å². The van der Waals surface area contributed by atoms with Gasteiger partial charge in [0.15, 0.2) is 11.5 Å². The molecule has 0 saturated heterocycles. The molecule has 2 aromatic rings. The third-order valence-electron chi connectivity index (χ3n) is 5.25. The van der Waals surface area contributed by atoms with Gasteiger partial charge in [-0.2, -0.15) is 0 Å². The summed E-state index contributed by atoms with van der Waals surface area (Å²) in [6.07, 6.45) is 7.02. The summed E-state index contributed by atoms with van der Waals surface area (Å²) in [6, 6.07) is 14.6. The first-order valence-corrected chi connectivity index (χ1v) is 11.0. The molecule has 0 saturated carbocycles. The van der Waals surface area contributed by atoms with Crippen LogP contribution in [-0.4, -0.2) is 47.5 Å². The van der Waals surface area contributed by atoms with Crippen molar-refractivity contribution in [1.29, 1.82) is 0 Å². The molecule has 0 spiro atoms. The van der Waals surface area contributed by atoms with Crippen LogP contribution in [0.15, 0.2) is 42.5 Å². The van der Waals surface area contributed by atoms with E-state index in [2.05, 4.69) is 41.0 Å². The van der Waals surface area contributed by atoms with Crippen molar-refractivity contribution >= 4 is 24.8 Å². The zero-order valence-corrected chi connectivity index (χ0v) is 21.3. The van der Waals surface area contributed by atoms with E-state index >= 15 is 0 Å². The molecule has 32 heavy (non-hydrogen) atoms. The van der Waals surface area contributed by atoms with E-state index in [1.54, 1.807) is 21.3 Å². The molecule has 0 unspecified atom stereocenters. The third-order valence-corrected chi connectivity index (χ3v) is 5.25. The maximum absolute atomic E-state index is 5.55. The molecule has 0 aromatic heterocycles. The lowest BCUT2D eigenvalue weighted by atomic mass is 10.1. The molecule has 0 radical (unpaired) electrons. The minimum atomic E-state index is 0. The highest BCUT2D eigenvalue weighted by molar-refractivity contribution is 5.85. The third kappa shape index (κ3) is 10.8. The Bertz CT molecular complexity index is 718. The number of halogens is 2. The summed E-state index contributed by atoms with van der Waals surface area (Å²) in [4.78, 5) is 0. The zero-order chi connectivity index (χ0) is 21.4. The molecular formula is C25H40Cl2N2O3. The first kappa shape index (κ1) is 30.3. The fraction of sp³-hybridized carbons (Fsp3) is 0.520. The van der Waals surface area contributed by atoms with E-state index < -0.39 is 0 Å². The molecule has 2 aromatic carbocycles. The Hall–Kier alpha value is -1.66. The summed E-state index contributed by atoms with van der Waals surface area (Å²) in [5, 5.41) is 7.08. The van der Waals surface area contributed by atoms with Gasteiger partial charge in [-0.05, 0) is 69.1 Å². The molecule has 7 heteroatoms. The Balaban J connectivity index is 0.00000480. The molecule has 2 rings (SSSR count). The van der Waals surface area contributed by atoms with Gasteiger partial charge in [0.05, 0.1) is 21.3 Å². The van der Waals surface area contributed by atoms with Gasteiger partial charge >= 0.3 is 0 Å². The number of methoxy groups -OCH3 is 3. The minimum Gasteiger partial charge on any atom is -0.493 e. The van der Waals surface area contributed by atoms with Gasteiger partial charge in [0.25, 0.3) is 0 Å². The topological polar surface area (TPSA) is 51.8 Å². The molecule has 5 nitrogen and oxygen atoms in total. The van der Waals surface area contributed by atoms with Crippen molar-refractivity contribution in [3.8, 4) is 17.2 Å². The normalized spacial score (nSPS) is 10.1. The van der Waals surface area contributed by atoms with Gasteiger partial charge < -0.3 is 24.8 Å². The zero-order valence-electron chi connectivity index (χ0n) is 19.7. The summed E-state index contributed by atoms with van der Waals surface area (Å²) < 4.78 is 16.3. The predicted octanol–water partition coefficient (Wildman–Crippen LogP) is 5.08. The number of unbranched alkanes of at least 4 members (excludes halogenated alkanes) is 3. The molecule has 0 fully saturated rings. The van der Waals surface area contributed by atoms with Crippen molar-refractivity contribution in [2.24, 2.45) is 0 Å². The van der Waals surface area contributed by atoms with E-state index in [1.165, 1.54) is 31.2 Å². The molecule has 0 heterocycles. The fourth-order valence-electron chi connectivity index (χ4n) is 3.56. The lowest BCUT2D eigenvalue weighted by molar-refractivity contribution is 0.322. The first-order valence-electron chi connectivity index (χ1n) is 11.0. The predicted molar refractivity (Wildman–Crippen MR) is 139 cm³/mol. The van der Waals surface area contributed by atoms with Gasteiger partial charge in [0, 0.05) is 0 Å². The van der Waals surface area contributed by atoms with Crippen LogP contribution < -0.4 is 24.8 Å². The van der Waals surface area contributed by atoms with Crippen LogP contribution in [-0.2, 0) is 12.8 Å². The van der Waals surface area contributed by atoms with Gasteiger partial charge in [0.1, 0.15) is 0 Å². The number of nitrogens with one attached hydrogen (secondary N) is 2. The monoisotopic (exact) mass is 486 g/mol. The van der Waals surface area contributed by atoms with Crippen LogP contribution in [0.5, 0.6) is 17.2 Å². The van der Waals surface area contributed by atoms with E-state index in [-0.39, 0.29) is 24.8 Å². The van der Waals surface area contributed by atoms with E-state index in [0.717, 1.165) is 50.3 Å². The number of ether oxygens (including phenoxy) is 3. The van der Waals surface area contributed by atoms with Crippen LogP contribution in [0.25, 0.3) is 0 Å². The molecule has 2 N–H and O–H groups in total. The fourth-order valence-corrected chi connectivity index (χ4v) is 3.56. The molecule has 0 aliphatic carbocycles. The first-order chi connectivity index (χ1) is 14.8. The van der Waals surface area contributed by atoms with Crippen LogP contribution in [0.4, 0.5) is 0 Å². The molecule has 182 valence electrons. The van der Waals surface area contributed by atoms with Gasteiger partial charge in [-0.1, -0.05) is 49.2 Å². The van der Waals surface area contributed by atoms with Crippen LogP contribution in [0.1, 0.15) is 36.8 Å². The highest BCUT2D eigenvalue weighted by Gasteiger charge is 2.15. The number of benzene rings is 2. The van der Waals surface area contributed by atoms with Gasteiger partial charge in [0.2, 0.25) is 5.75 Å². The average Bonchev–Trinajstić information content (AvgIpc) is 2.79. The molecule has 0 amide bonds. The Morgan fingerprint density at radius 1 is 0.594 bits per heavy atom. The molecule has 0 aliphatic heterocycles. The molecule has 0 bridgehead atoms. The Labute approximate surface area is 206 Å². The van der Waals surface area contributed by atoms with Crippen LogP contribution in [0, 0.1) is 0 Å². The standard InChI is InChI=1S/C25H38N2O3.2ClH/c1-28-23-14-13-22(24(29-2)25(23)30-3)16-20-27-18-10-5-4-9-17-26-19-15-21-11-7-6-8-12-21;;/h6-8,11-14,26-27H,4-5,9-10,15-20H2,1-3H3;2*1H. The highest BCUT2D eigenvalue weighted by Crippen LogP contribution is 2.39. The maximum atomic E-state index is 5.55. The van der Waals surface area contributed by atoms with Crippen molar-refractivity contribution < 1.29 is 14.2 Å². The van der Waals surface area contributed by atoms with E-state index in [1.807, 2.05) is 12.1 Å². The van der Waals surface area contributed by atoms with Crippen LogP contribution >= 0.6 is 24.8 Å². The summed E-state index contributed by atoms with van der Waals surface area (Å²) in [5.74, 6) is 2.12. The number of rotatable bonds is 16. The van der Waals surface area contributed by atoms with E-state index in [0.29, 0.717) is 11.5 Å². The van der Waals surface area contributed by atoms with E-state index in [4.69, 9.17) is 14.2 Å². The SMILES string of the molecule is COc1ccc(CCNCCCCCCNCCc2ccccc2)c(OC)c1OC.Cl.Cl. The molecule has 0 aliphatic rings. The second-order valence-corrected chi connectivity index (χ2v) is 7.39. The van der Waals surface area contributed by atoms with Crippen molar-refractivity contribution in [1.82, 2.24) is 10.6 Å². The van der Waals surface area contributed by atoms with Crippen molar-refractivity contribution in [3.63, 3.8) is 0 Å². The smallest absolute Gasteiger partial charge is 0.203 e. The summed E-state index contributed by atoms with van der Waals surface area (Å²) in [7, 11) is 4.95. The Morgan fingerprint density at radius 2 is 1.19 bits per heavy atom. The van der Waals surface area contributed by atoms with Gasteiger partial charge in [-0.25, -0.2) is 0 Å². The van der Waals surface area contributed by atoms with Crippen molar-refractivity contribution in [2.45, 2.75) is 38.5 Å². The van der Waals surface area contributed by atoms with E-state index in [9.17, 15) is 0 Å². The Morgan fingerprint density at radius 3 is 1.75 bits per heavy atom. The molecule has 0 atom stereocenters. The molecular weight excluding hydrogens is 447 g/mol. The second-order valence-electron chi connectivity index (χ2n) is 7.39. The second kappa shape index (κ2) is 18.9. The maximum Gasteiger partial charge on any atom is 0.203 e. The van der Waals surface area contributed by atoms with Crippen LogP contribution in [0.2, 0.25) is 0 Å². The largest absolute Gasteiger partial charge is 0.493 e.